The van der Waals surface area contributed by atoms with E-state index in [4.69, 9.17) is 16.0 Å². The van der Waals surface area contributed by atoms with Crippen LogP contribution in [-0.2, 0) is 13.0 Å². The zero-order valence-electron chi connectivity index (χ0n) is 14.1. The van der Waals surface area contributed by atoms with Gasteiger partial charge in [0.1, 0.15) is 11.5 Å². The van der Waals surface area contributed by atoms with Gasteiger partial charge >= 0.3 is 0 Å². The minimum atomic E-state index is 0.421. The molecule has 0 aliphatic heterocycles. The van der Waals surface area contributed by atoms with E-state index < -0.39 is 0 Å². The van der Waals surface area contributed by atoms with Crippen molar-refractivity contribution < 1.29 is 4.42 Å². The molecule has 1 atom stereocenters. The lowest BCUT2D eigenvalue weighted by molar-refractivity contribution is 0.449. The Morgan fingerprint density at radius 2 is 1.88 bits per heavy atom. The molecular formula is C21H21BrClNO. The van der Waals surface area contributed by atoms with Crippen LogP contribution in [0, 0.1) is 0 Å². The molecule has 0 fully saturated rings. The predicted octanol–water partition coefficient (Wildman–Crippen LogP) is 6.47. The Hall–Kier alpha value is -1.55. The summed E-state index contributed by atoms with van der Waals surface area (Å²) >= 11 is 9.72. The summed E-state index contributed by atoms with van der Waals surface area (Å²) in [7, 11) is 0. The highest BCUT2D eigenvalue weighted by molar-refractivity contribution is 9.10. The highest BCUT2D eigenvalue weighted by Crippen LogP contribution is 2.31. The van der Waals surface area contributed by atoms with Gasteiger partial charge in [-0.25, -0.2) is 0 Å². The summed E-state index contributed by atoms with van der Waals surface area (Å²) in [5.41, 5.74) is 2.29. The van der Waals surface area contributed by atoms with E-state index in [0.717, 1.165) is 34.4 Å². The van der Waals surface area contributed by atoms with Crippen LogP contribution in [0.25, 0.3) is 11.3 Å². The van der Waals surface area contributed by atoms with Gasteiger partial charge in [0.25, 0.3) is 0 Å². The molecule has 4 heteroatoms. The summed E-state index contributed by atoms with van der Waals surface area (Å²) in [6, 6.07) is 20.8. The van der Waals surface area contributed by atoms with E-state index in [0.29, 0.717) is 17.6 Å². The monoisotopic (exact) mass is 417 g/mol. The highest BCUT2D eigenvalue weighted by atomic mass is 79.9. The Bertz CT molecular complexity index is 816. The van der Waals surface area contributed by atoms with Gasteiger partial charge in [-0.1, -0.05) is 57.9 Å². The molecule has 0 bridgehead atoms. The highest BCUT2D eigenvalue weighted by Gasteiger charge is 2.10. The van der Waals surface area contributed by atoms with Gasteiger partial charge in [-0.05, 0) is 55.7 Å². The van der Waals surface area contributed by atoms with Crippen molar-refractivity contribution in [2.45, 2.75) is 32.4 Å². The van der Waals surface area contributed by atoms with E-state index >= 15 is 0 Å². The molecule has 1 N–H and O–H groups in total. The van der Waals surface area contributed by atoms with Gasteiger partial charge in [-0.2, -0.15) is 0 Å². The Morgan fingerprint density at radius 1 is 1.08 bits per heavy atom. The standard InChI is InChI=1S/C21H21BrClNO/c1-15(7-8-16-5-3-2-4-6-16)24-14-18-10-12-21(25-18)19-11-9-17(22)13-20(19)23/h2-6,9-13,15,24H,7-8,14H2,1H3/t15-/m0/s1. The molecule has 0 radical (unpaired) electrons. The largest absolute Gasteiger partial charge is 0.460 e. The van der Waals surface area contributed by atoms with Crippen LogP contribution in [0.4, 0.5) is 0 Å². The van der Waals surface area contributed by atoms with Crippen LogP contribution in [0.5, 0.6) is 0 Å². The molecule has 3 aromatic rings. The minimum absolute atomic E-state index is 0.421. The molecule has 2 aromatic carbocycles. The van der Waals surface area contributed by atoms with Crippen LogP contribution < -0.4 is 5.32 Å². The molecule has 0 amide bonds. The fourth-order valence-electron chi connectivity index (χ4n) is 2.71. The van der Waals surface area contributed by atoms with Crippen LogP contribution in [0.1, 0.15) is 24.7 Å². The molecule has 3 rings (SSSR count). The van der Waals surface area contributed by atoms with Crippen molar-refractivity contribution >= 4 is 27.5 Å². The molecule has 1 heterocycles. The van der Waals surface area contributed by atoms with E-state index in [-0.39, 0.29) is 0 Å². The van der Waals surface area contributed by atoms with Gasteiger partial charge in [0, 0.05) is 16.1 Å². The van der Waals surface area contributed by atoms with Crippen LogP contribution >= 0.6 is 27.5 Å². The van der Waals surface area contributed by atoms with Crippen LogP contribution in [-0.4, -0.2) is 6.04 Å². The smallest absolute Gasteiger partial charge is 0.135 e. The number of aryl methyl sites for hydroxylation is 1. The molecule has 0 saturated carbocycles. The zero-order valence-corrected chi connectivity index (χ0v) is 16.5. The first-order valence-corrected chi connectivity index (χ1v) is 9.60. The van der Waals surface area contributed by atoms with Crippen molar-refractivity contribution in [1.29, 1.82) is 0 Å². The van der Waals surface area contributed by atoms with Gasteiger partial charge in [0.15, 0.2) is 0 Å². The summed E-state index contributed by atoms with van der Waals surface area (Å²) in [6.45, 7) is 2.92. The SMILES string of the molecule is C[C@@H](CCc1ccccc1)NCc1ccc(-c2ccc(Br)cc2Cl)o1. The topological polar surface area (TPSA) is 25.2 Å². The number of rotatable bonds is 7. The Kier molecular flexibility index (Phi) is 6.35. The third-order valence-electron chi connectivity index (χ3n) is 4.19. The van der Waals surface area contributed by atoms with Crippen LogP contribution in [0.2, 0.25) is 5.02 Å². The lowest BCUT2D eigenvalue weighted by Crippen LogP contribution is -2.25. The summed E-state index contributed by atoms with van der Waals surface area (Å²) in [6.07, 6.45) is 2.17. The van der Waals surface area contributed by atoms with Gasteiger partial charge in [-0.3, -0.25) is 0 Å². The molecular weight excluding hydrogens is 398 g/mol. The predicted molar refractivity (Wildman–Crippen MR) is 108 cm³/mol. The van der Waals surface area contributed by atoms with Gasteiger partial charge in [0.2, 0.25) is 0 Å². The Labute approximate surface area is 162 Å². The molecule has 0 saturated heterocycles. The summed E-state index contributed by atoms with van der Waals surface area (Å²) in [5, 5.41) is 4.20. The number of hydrogen-bond donors (Lipinski definition) is 1. The zero-order chi connectivity index (χ0) is 17.6. The second-order valence-electron chi connectivity index (χ2n) is 6.20. The molecule has 0 unspecified atom stereocenters. The maximum absolute atomic E-state index is 6.29. The fourth-order valence-corrected chi connectivity index (χ4v) is 3.48. The van der Waals surface area contributed by atoms with E-state index in [1.165, 1.54) is 5.56 Å². The third kappa shape index (κ3) is 5.21. The molecule has 25 heavy (non-hydrogen) atoms. The first-order chi connectivity index (χ1) is 12.1. The average molecular weight is 419 g/mol. The number of benzene rings is 2. The van der Waals surface area contributed by atoms with Crippen molar-refractivity contribution in [3.63, 3.8) is 0 Å². The quantitative estimate of drug-likeness (QED) is 0.475. The maximum Gasteiger partial charge on any atom is 0.135 e. The molecule has 1 aromatic heterocycles. The summed E-state index contributed by atoms with van der Waals surface area (Å²) < 4.78 is 6.90. The Balaban J connectivity index is 1.53. The number of halogens is 2. The first kappa shape index (κ1) is 18.2. The van der Waals surface area contributed by atoms with Gasteiger partial charge in [-0.15, -0.1) is 0 Å². The lowest BCUT2D eigenvalue weighted by Gasteiger charge is -2.12. The first-order valence-electron chi connectivity index (χ1n) is 8.43. The van der Waals surface area contributed by atoms with E-state index in [2.05, 4.69) is 58.5 Å². The van der Waals surface area contributed by atoms with E-state index in [9.17, 15) is 0 Å². The summed E-state index contributed by atoms with van der Waals surface area (Å²) in [5.74, 6) is 1.71. The van der Waals surface area contributed by atoms with Crippen molar-refractivity contribution in [3.05, 3.63) is 81.5 Å². The summed E-state index contributed by atoms with van der Waals surface area (Å²) in [4.78, 5) is 0. The average Bonchev–Trinajstić information content (AvgIpc) is 3.08. The maximum atomic E-state index is 6.29. The van der Waals surface area contributed by atoms with Crippen LogP contribution in [0.3, 0.4) is 0 Å². The van der Waals surface area contributed by atoms with Crippen molar-refractivity contribution in [3.8, 4) is 11.3 Å². The third-order valence-corrected chi connectivity index (χ3v) is 5.00. The number of furan rings is 1. The minimum Gasteiger partial charge on any atom is -0.460 e. The molecule has 0 aliphatic carbocycles. The van der Waals surface area contributed by atoms with Crippen molar-refractivity contribution in [2.24, 2.45) is 0 Å². The second kappa shape index (κ2) is 8.70. The molecule has 2 nitrogen and oxygen atoms in total. The van der Waals surface area contributed by atoms with Crippen molar-refractivity contribution in [1.82, 2.24) is 5.32 Å². The van der Waals surface area contributed by atoms with E-state index in [1.54, 1.807) is 0 Å². The van der Waals surface area contributed by atoms with E-state index in [1.807, 2.05) is 30.3 Å². The van der Waals surface area contributed by atoms with Crippen LogP contribution in [0.15, 0.2) is 69.6 Å². The van der Waals surface area contributed by atoms with Gasteiger partial charge in [0.05, 0.1) is 11.6 Å². The fraction of sp³-hybridized carbons (Fsp3) is 0.238. The lowest BCUT2D eigenvalue weighted by atomic mass is 10.1. The number of nitrogens with one attached hydrogen (secondary N) is 1. The Morgan fingerprint density at radius 3 is 2.64 bits per heavy atom. The second-order valence-corrected chi connectivity index (χ2v) is 7.52. The molecule has 0 spiro atoms. The van der Waals surface area contributed by atoms with Gasteiger partial charge < -0.3 is 9.73 Å². The normalized spacial score (nSPS) is 12.3. The van der Waals surface area contributed by atoms with Crippen molar-refractivity contribution in [2.75, 3.05) is 0 Å². The molecule has 0 aliphatic rings. The number of hydrogen-bond acceptors (Lipinski definition) is 2. The molecule has 130 valence electrons.